The zero-order chi connectivity index (χ0) is 22.3. The van der Waals surface area contributed by atoms with Crippen LogP contribution in [0.3, 0.4) is 0 Å². The summed E-state index contributed by atoms with van der Waals surface area (Å²) in [5.74, 6) is 0.742. The lowest BCUT2D eigenvalue weighted by Crippen LogP contribution is -2.44. The van der Waals surface area contributed by atoms with E-state index in [9.17, 15) is 4.79 Å². The van der Waals surface area contributed by atoms with Crippen LogP contribution in [-0.4, -0.2) is 48.6 Å². The van der Waals surface area contributed by atoms with Crippen molar-refractivity contribution >= 4 is 11.8 Å². The topological polar surface area (TPSA) is 95.5 Å². The molecule has 5 rings (SSSR count). The van der Waals surface area contributed by atoms with Crippen LogP contribution in [0.4, 0.5) is 5.82 Å². The molecule has 0 radical (unpaired) electrons. The molecule has 1 spiro atoms. The van der Waals surface area contributed by atoms with Gasteiger partial charge in [0, 0.05) is 37.4 Å². The highest BCUT2D eigenvalue weighted by molar-refractivity contribution is 5.93. The fourth-order valence-corrected chi connectivity index (χ4v) is 5.53. The van der Waals surface area contributed by atoms with E-state index in [1.807, 2.05) is 31.2 Å². The molecule has 3 aliphatic heterocycles. The number of benzene rings is 1. The number of pyridine rings is 1. The summed E-state index contributed by atoms with van der Waals surface area (Å²) in [5.41, 5.74) is 11.4. The smallest absolute Gasteiger partial charge is 0.338 e. The first kappa shape index (κ1) is 20.9. The molecule has 1 aromatic heterocycles. The molecule has 1 aromatic carbocycles. The first-order chi connectivity index (χ1) is 15.5. The number of ether oxygens (including phenoxy) is 1. The number of nitriles is 1. The molecule has 0 aliphatic carbocycles. The molecular formula is C25H29N5O2. The van der Waals surface area contributed by atoms with E-state index in [1.165, 1.54) is 6.42 Å². The monoisotopic (exact) mass is 431 g/mol. The molecule has 0 amide bonds. The van der Waals surface area contributed by atoms with E-state index in [2.05, 4.69) is 20.9 Å². The highest BCUT2D eigenvalue weighted by atomic mass is 16.5. The molecule has 4 heterocycles. The molecule has 166 valence electrons. The number of cyclic esters (lactones) is 1. The van der Waals surface area contributed by atoms with E-state index >= 15 is 0 Å². The van der Waals surface area contributed by atoms with Crippen molar-refractivity contribution in [2.75, 3.05) is 37.6 Å². The van der Waals surface area contributed by atoms with E-state index in [0.717, 1.165) is 68.1 Å². The molecule has 1 unspecified atom stereocenters. The van der Waals surface area contributed by atoms with Gasteiger partial charge in [-0.1, -0.05) is 6.07 Å². The van der Waals surface area contributed by atoms with Crippen LogP contribution in [0.1, 0.15) is 57.9 Å². The average Bonchev–Trinajstić information content (AvgIpc) is 3.40. The quantitative estimate of drug-likeness (QED) is 0.744. The third kappa shape index (κ3) is 3.74. The zero-order valence-electron chi connectivity index (χ0n) is 18.5. The Hall–Kier alpha value is -2.95. The summed E-state index contributed by atoms with van der Waals surface area (Å²) in [6.45, 7) is 7.38. The number of carbonyl (C=O) groups is 1. The number of rotatable bonds is 4. The predicted octanol–water partition coefficient (Wildman–Crippen LogP) is 2.92. The third-order valence-corrected chi connectivity index (χ3v) is 7.62. The van der Waals surface area contributed by atoms with E-state index in [-0.39, 0.29) is 12.0 Å². The van der Waals surface area contributed by atoms with Crippen molar-refractivity contribution in [1.29, 1.82) is 5.26 Å². The van der Waals surface area contributed by atoms with Crippen LogP contribution in [0.2, 0.25) is 0 Å². The van der Waals surface area contributed by atoms with E-state index < -0.39 is 0 Å². The third-order valence-electron chi connectivity index (χ3n) is 7.62. The van der Waals surface area contributed by atoms with Crippen molar-refractivity contribution in [3.8, 4) is 6.07 Å². The molecule has 2 N–H and O–H groups in total. The summed E-state index contributed by atoms with van der Waals surface area (Å²) in [5, 5.41) is 8.98. The normalized spacial score (nSPS) is 20.8. The van der Waals surface area contributed by atoms with Crippen LogP contribution in [0.25, 0.3) is 0 Å². The molecule has 2 aromatic rings. The van der Waals surface area contributed by atoms with Crippen molar-refractivity contribution in [3.05, 3.63) is 58.3 Å². The molecule has 1 atom stereocenters. The van der Waals surface area contributed by atoms with Gasteiger partial charge in [0.05, 0.1) is 11.1 Å². The van der Waals surface area contributed by atoms with Gasteiger partial charge in [0.1, 0.15) is 18.5 Å². The van der Waals surface area contributed by atoms with Gasteiger partial charge in [0.15, 0.2) is 0 Å². The Labute approximate surface area is 188 Å². The number of hydrogen-bond acceptors (Lipinski definition) is 7. The van der Waals surface area contributed by atoms with Crippen LogP contribution in [-0.2, 0) is 11.3 Å². The Morgan fingerprint density at radius 3 is 2.72 bits per heavy atom. The summed E-state index contributed by atoms with van der Waals surface area (Å²) in [6, 6.07) is 9.73. The van der Waals surface area contributed by atoms with Gasteiger partial charge in [0.25, 0.3) is 0 Å². The number of aromatic nitrogens is 1. The lowest BCUT2D eigenvalue weighted by Gasteiger charge is -2.40. The van der Waals surface area contributed by atoms with Crippen molar-refractivity contribution in [2.45, 2.75) is 38.8 Å². The number of piperidine rings is 1. The van der Waals surface area contributed by atoms with E-state index in [4.69, 9.17) is 15.7 Å². The number of nitrogens with zero attached hydrogens (tertiary/aromatic N) is 4. The van der Waals surface area contributed by atoms with Gasteiger partial charge in [-0.2, -0.15) is 5.26 Å². The Kier molecular flexibility index (Phi) is 5.36. The maximum atomic E-state index is 11.8. The predicted molar refractivity (Wildman–Crippen MR) is 121 cm³/mol. The van der Waals surface area contributed by atoms with Crippen LogP contribution in [0, 0.1) is 23.7 Å². The highest BCUT2D eigenvalue weighted by Gasteiger charge is 2.41. The Morgan fingerprint density at radius 2 is 2.00 bits per heavy atom. The van der Waals surface area contributed by atoms with Gasteiger partial charge in [-0.15, -0.1) is 0 Å². The standard InChI is InChI=1S/C25H29N5O2/c1-17-19(3-4-20-21(17)15-32-24(20)31)22(27)14-29-9-6-25(7-10-29)8-11-30(16-25)23-5-2-18(12-26)13-28-23/h2-5,13,22H,6-11,14-16,27H2,1H3. The van der Waals surface area contributed by atoms with Crippen molar-refractivity contribution < 1.29 is 9.53 Å². The number of carbonyl (C=O) groups excluding carboxylic acids is 1. The fourth-order valence-electron chi connectivity index (χ4n) is 5.53. The Bertz CT molecular complexity index is 1070. The molecule has 7 nitrogen and oxygen atoms in total. The van der Waals surface area contributed by atoms with Gasteiger partial charge < -0.3 is 20.3 Å². The summed E-state index contributed by atoms with van der Waals surface area (Å²) < 4.78 is 5.18. The summed E-state index contributed by atoms with van der Waals surface area (Å²) in [7, 11) is 0. The van der Waals surface area contributed by atoms with Crippen LogP contribution >= 0.6 is 0 Å². The zero-order valence-corrected chi connectivity index (χ0v) is 18.5. The molecule has 32 heavy (non-hydrogen) atoms. The van der Waals surface area contributed by atoms with Crippen molar-refractivity contribution in [2.24, 2.45) is 11.1 Å². The van der Waals surface area contributed by atoms with Gasteiger partial charge in [-0.25, -0.2) is 9.78 Å². The minimum Gasteiger partial charge on any atom is -0.457 e. The minimum absolute atomic E-state index is 0.0759. The van der Waals surface area contributed by atoms with Crippen LogP contribution < -0.4 is 10.6 Å². The number of anilines is 1. The molecule has 3 aliphatic rings. The summed E-state index contributed by atoms with van der Waals surface area (Å²) in [6.07, 6.45) is 5.18. The lowest BCUT2D eigenvalue weighted by molar-refractivity contribution is 0.0535. The molecule has 2 fully saturated rings. The van der Waals surface area contributed by atoms with Crippen molar-refractivity contribution in [3.63, 3.8) is 0 Å². The maximum absolute atomic E-state index is 11.8. The molecule has 0 bridgehead atoms. The molecule has 0 saturated carbocycles. The average molecular weight is 432 g/mol. The number of nitrogens with two attached hydrogens (primary N) is 1. The number of esters is 1. The van der Waals surface area contributed by atoms with E-state index in [1.54, 1.807) is 6.20 Å². The van der Waals surface area contributed by atoms with E-state index in [0.29, 0.717) is 23.1 Å². The van der Waals surface area contributed by atoms with Gasteiger partial charge >= 0.3 is 5.97 Å². The fraction of sp³-hybridized carbons (Fsp3) is 0.480. The SMILES string of the molecule is Cc1c(C(N)CN2CCC3(CC2)CCN(c2ccc(C#N)cn2)C3)ccc2c1COC2=O. The van der Waals surface area contributed by atoms with Gasteiger partial charge in [-0.3, -0.25) is 0 Å². The number of hydrogen-bond donors (Lipinski definition) is 1. The lowest BCUT2D eigenvalue weighted by atomic mass is 9.77. The second kappa shape index (κ2) is 8.19. The van der Waals surface area contributed by atoms with Crippen LogP contribution in [0.15, 0.2) is 30.5 Å². The summed E-state index contributed by atoms with van der Waals surface area (Å²) >= 11 is 0. The highest BCUT2D eigenvalue weighted by Crippen LogP contribution is 2.42. The largest absolute Gasteiger partial charge is 0.457 e. The molecule has 7 heteroatoms. The maximum Gasteiger partial charge on any atom is 0.338 e. The number of fused-ring (bicyclic) bond motifs is 1. The van der Waals surface area contributed by atoms with Crippen LogP contribution in [0.5, 0.6) is 0 Å². The second-order valence-corrected chi connectivity index (χ2v) is 9.48. The minimum atomic E-state index is -0.230. The first-order valence-corrected chi connectivity index (χ1v) is 11.4. The van der Waals surface area contributed by atoms with Crippen molar-refractivity contribution in [1.82, 2.24) is 9.88 Å². The Balaban J connectivity index is 1.18. The van der Waals surface area contributed by atoms with Gasteiger partial charge in [-0.05, 0) is 74.0 Å². The molecule has 2 saturated heterocycles. The number of likely N-dealkylation sites (tertiary alicyclic amines) is 1. The summed E-state index contributed by atoms with van der Waals surface area (Å²) in [4.78, 5) is 21.1. The Morgan fingerprint density at radius 1 is 1.22 bits per heavy atom. The first-order valence-electron chi connectivity index (χ1n) is 11.4. The second-order valence-electron chi connectivity index (χ2n) is 9.48. The van der Waals surface area contributed by atoms with Gasteiger partial charge in [0.2, 0.25) is 0 Å². The molecular weight excluding hydrogens is 402 g/mol.